The van der Waals surface area contributed by atoms with Gasteiger partial charge in [0.2, 0.25) is 0 Å². The third-order valence-corrected chi connectivity index (χ3v) is 5.06. The number of ether oxygens (including phenoxy) is 1. The maximum absolute atomic E-state index is 12.1. The molecule has 0 bridgehead atoms. The predicted molar refractivity (Wildman–Crippen MR) is 114 cm³/mol. The van der Waals surface area contributed by atoms with Crippen LogP contribution in [-0.2, 0) is 22.6 Å². The van der Waals surface area contributed by atoms with Crippen molar-refractivity contribution in [3.8, 4) is 0 Å². The second-order valence-corrected chi connectivity index (χ2v) is 7.74. The van der Waals surface area contributed by atoms with E-state index in [0.29, 0.717) is 19.7 Å². The Hall–Kier alpha value is -0.850. The molecule has 0 spiro atoms. The SMILES string of the molecule is CC1CC(C)CN(Cc2ccc(CNC(=O)C3CNCCO3)cc2)C1.Cl.Cl. The van der Waals surface area contributed by atoms with Gasteiger partial charge in [-0.3, -0.25) is 9.69 Å². The van der Waals surface area contributed by atoms with Crippen LogP contribution >= 0.6 is 24.8 Å². The van der Waals surface area contributed by atoms with Crippen molar-refractivity contribution in [3.63, 3.8) is 0 Å². The zero-order chi connectivity index (χ0) is 17.6. The Morgan fingerprint density at radius 1 is 1.15 bits per heavy atom. The first-order valence-electron chi connectivity index (χ1n) is 9.50. The van der Waals surface area contributed by atoms with Crippen LogP contribution in [0.3, 0.4) is 0 Å². The van der Waals surface area contributed by atoms with Crippen LogP contribution in [0.15, 0.2) is 24.3 Å². The number of nitrogens with one attached hydrogen (secondary N) is 2. The lowest BCUT2D eigenvalue weighted by Crippen LogP contribution is -2.47. The number of carbonyl (C=O) groups excluding carboxylic acids is 1. The van der Waals surface area contributed by atoms with Crippen LogP contribution in [0.2, 0.25) is 0 Å². The zero-order valence-electron chi connectivity index (χ0n) is 16.3. The van der Waals surface area contributed by atoms with Crippen LogP contribution in [0, 0.1) is 11.8 Å². The second kappa shape index (κ2) is 11.9. The van der Waals surface area contributed by atoms with Gasteiger partial charge in [0.25, 0.3) is 5.91 Å². The number of morpholine rings is 1. The quantitative estimate of drug-likeness (QED) is 0.772. The summed E-state index contributed by atoms with van der Waals surface area (Å²) in [7, 11) is 0. The van der Waals surface area contributed by atoms with E-state index in [0.717, 1.165) is 30.5 Å². The summed E-state index contributed by atoms with van der Waals surface area (Å²) in [6, 6.07) is 8.60. The van der Waals surface area contributed by atoms with Crippen LogP contribution in [0.25, 0.3) is 0 Å². The number of piperidine rings is 1. The molecule has 3 unspecified atom stereocenters. The Bertz CT molecular complexity index is 555. The van der Waals surface area contributed by atoms with Gasteiger partial charge in [-0.2, -0.15) is 0 Å². The number of rotatable bonds is 5. The highest BCUT2D eigenvalue weighted by molar-refractivity contribution is 5.85. The van der Waals surface area contributed by atoms with Gasteiger partial charge in [-0.05, 0) is 29.4 Å². The van der Waals surface area contributed by atoms with E-state index < -0.39 is 0 Å². The summed E-state index contributed by atoms with van der Waals surface area (Å²) < 4.78 is 5.47. The van der Waals surface area contributed by atoms with Crippen LogP contribution in [0.5, 0.6) is 0 Å². The molecule has 2 heterocycles. The Morgan fingerprint density at radius 2 is 1.78 bits per heavy atom. The molecule has 2 aliphatic heterocycles. The lowest BCUT2D eigenvalue weighted by atomic mass is 9.91. The molecule has 2 aliphatic rings. The molecule has 0 saturated carbocycles. The summed E-state index contributed by atoms with van der Waals surface area (Å²) in [6.07, 6.45) is 0.978. The van der Waals surface area contributed by atoms with Gasteiger partial charge < -0.3 is 15.4 Å². The molecule has 2 fully saturated rings. The Balaban J connectivity index is 0.00000182. The summed E-state index contributed by atoms with van der Waals surface area (Å²) >= 11 is 0. The fourth-order valence-corrected chi connectivity index (χ4v) is 3.98. The number of halogens is 2. The van der Waals surface area contributed by atoms with Gasteiger partial charge in [-0.1, -0.05) is 38.1 Å². The van der Waals surface area contributed by atoms with E-state index in [9.17, 15) is 4.79 Å². The fraction of sp³-hybridized carbons (Fsp3) is 0.650. The third kappa shape index (κ3) is 7.59. The third-order valence-electron chi connectivity index (χ3n) is 5.06. The molecule has 5 nitrogen and oxygen atoms in total. The lowest BCUT2D eigenvalue weighted by Gasteiger charge is -2.35. The van der Waals surface area contributed by atoms with E-state index in [1.54, 1.807) is 0 Å². The number of amides is 1. The van der Waals surface area contributed by atoms with Crippen LogP contribution in [0.4, 0.5) is 0 Å². The lowest BCUT2D eigenvalue weighted by molar-refractivity contribution is -0.134. The average molecular weight is 418 g/mol. The molecule has 1 aromatic rings. The van der Waals surface area contributed by atoms with Crippen molar-refractivity contribution in [2.45, 2.75) is 39.5 Å². The summed E-state index contributed by atoms with van der Waals surface area (Å²) in [5.41, 5.74) is 2.47. The highest BCUT2D eigenvalue weighted by Gasteiger charge is 2.22. The van der Waals surface area contributed by atoms with E-state index in [2.05, 4.69) is 53.6 Å². The van der Waals surface area contributed by atoms with Crippen molar-refractivity contribution < 1.29 is 9.53 Å². The van der Waals surface area contributed by atoms with E-state index >= 15 is 0 Å². The molecular formula is C20H33Cl2N3O2. The minimum Gasteiger partial charge on any atom is -0.366 e. The van der Waals surface area contributed by atoms with Gasteiger partial charge in [0, 0.05) is 39.3 Å². The Labute approximate surface area is 175 Å². The Morgan fingerprint density at radius 3 is 2.37 bits per heavy atom. The number of likely N-dealkylation sites (tertiary alicyclic amines) is 1. The molecule has 7 heteroatoms. The van der Waals surface area contributed by atoms with E-state index in [4.69, 9.17) is 4.74 Å². The van der Waals surface area contributed by atoms with Crippen molar-refractivity contribution in [2.24, 2.45) is 11.8 Å². The summed E-state index contributed by atoms with van der Waals surface area (Å²) in [5, 5.41) is 6.14. The number of nitrogens with zero attached hydrogens (tertiary/aromatic N) is 1. The molecule has 2 saturated heterocycles. The Kier molecular flexibility index (Phi) is 10.6. The van der Waals surface area contributed by atoms with Crippen molar-refractivity contribution in [2.75, 3.05) is 32.8 Å². The largest absolute Gasteiger partial charge is 0.366 e. The molecule has 1 amide bonds. The summed E-state index contributed by atoms with van der Waals surface area (Å²) in [6.45, 7) is 10.7. The second-order valence-electron chi connectivity index (χ2n) is 7.74. The van der Waals surface area contributed by atoms with Crippen molar-refractivity contribution in [1.82, 2.24) is 15.5 Å². The number of hydrogen-bond acceptors (Lipinski definition) is 4. The van der Waals surface area contributed by atoms with Gasteiger partial charge in [0.05, 0.1) is 6.61 Å². The molecule has 2 N–H and O–H groups in total. The van der Waals surface area contributed by atoms with Gasteiger partial charge in [0.1, 0.15) is 6.10 Å². The topological polar surface area (TPSA) is 53.6 Å². The highest BCUT2D eigenvalue weighted by Crippen LogP contribution is 2.22. The van der Waals surface area contributed by atoms with E-state index in [1.807, 2.05) is 0 Å². The first kappa shape index (κ1) is 24.2. The van der Waals surface area contributed by atoms with Crippen molar-refractivity contribution in [1.29, 1.82) is 0 Å². The minimum absolute atomic E-state index is 0. The molecule has 0 aromatic heterocycles. The normalized spacial score (nSPS) is 25.8. The van der Waals surface area contributed by atoms with Crippen molar-refractivity contribution >= 4 is 30.7 Å². The molecular weight excluding hydrogens is 385 g/mol. The van der Waals surface area contributed by atoms with Gasteiger partial charge in [-0.15, -0.1) is 24.8 Å². The number of hydrogen-bond donors (Lipinski definition) is 2. The number of benzene rings is 1. The first-order valence-corrected chi connectivity index (χ1v) is 9.50. The monoisotopic (exact) mass is 417 g/mol. The first-order chi connectivity index (χ1) is 12.1. The van der Waals surface area contributed by atoms with E-state index in [1.165, 1.54) is 25.1 Å². The molecule has 1 aromatic carbocycles. The molecule has 154 valence electrons. The summed E-state index contributed by atoms with van der Waals surface area (Å²) in [5.74, 6) is 1.54. The van der Waals surface area contributed by atoms with Crippen molar-refractivity contribution in [3.05, 3.63) is 35.4 Å². The maximum atomic E-state index is 12.1. The van der Waals surface area contributed by atoms with Crippen LogP contribution in [0.1, 0.15) is 31.4 Å². The highest BCUT2D eigenvalue weighted by atomic mass is 35.5. The summed E-state index contributed by atoms with van der Waals surface area (Å²) in [4.78, 5) is 14.6. The average Bonchev–Trinajstić information content (AvgIpc) is 2.61. The fourth-order valence-electron chi connectivity index (χ4n) is 3.98. The minimum atomic E-state index is -0.365. The maximum Gasteiger partial charge on any atom is 0.250 e. The molecule has 3 atom stereocenters. The molecule has 27 heavy (non-hydrogen) atoms. The van der Waals surface area contributed by atoms with E-state index in [-0.39, 0.29) is 36.8 Å². The number of carbonyl (C=O) groups is 1. The molecule has 3 rings (SSSR count). The zero-order valence-corrected chi connectivity index (χ0v) is 17.9. The van der Waals surface area contributed by atoms with Crippen LogP contribution < -0.4 is 10.6 Å². The standard InChI is InChI=1S/C20H31N3O2.2ClH/c1-15-9-16(2)13-23(12-15)14-18-5-3-17(4-6-18)10-22-20(24)19-11-21-7-8-25-19;;/h3-6,15-16,19,21H,7-14H2,1-2H3,(H,22,24);2*1H. The van der Waals surface area contributed by atoms with Crippen LogP contribution in [-0.4, -0.2) is 49.7 Å². The smallest absolute Gasteiger partial charge is 0.250 e. The van der Waals surface area contributed by atoms with Gasteiger partial charge in [-0.25, -0.2) is 0 Å². The predicted octanol–water partition coefficient (Wildman–Crippen LogP) is 2.61. The molecule has 0 aliphatic carbocycles. The van der Waals surface area contributed by atoms with Gasteiger partial charge >= 0.3 is 0 Å². The van der Waals surface area contributed by atoms with Gasteiger partial charge in [0.15, 0.2) is 0 Å². The molecule has 0 radical (unpaired) electrons.